The first-order chi connectivity index (χ1) is 28.5. The van der Waals surface area contributed by atoms with Crippen molar-refractivity contribution in [2.45, 2.75) is 107 Å². The lowest BCUT2D eigenvalue weighted by Crippen LogP contribution is -2.58. The van der Waals surface area contributed by atoms with E-state index in [0.29, 0.717) is 53.8 Å². The Bertz CT molecular complexity index is 2270. The number of carbonyl (C=O) groups is 5. The minimum absolute atomic E-state index is 0.0494. The van der Waals surface area contributed by atoms with E-state index in [0.717, 1.165) is 5.56 Å². The largest absolute Gasteiger partial charge is 0.497 e. The number of amides is 4. The van der Waals surface area contributed by atoms with Crippen LogP contribution in [0.4, 0.5) is 0 Å². The second kappa shape index (κ2) is 17.8. The molecule has 5 atom stereocenters. The van der Waals surface area contributed by atoms with Gasteiger partial charge in [-0.15, -0.1) is 13.2 Å². The number of aromatic nitrogens is 1. The van der Waals surface area contributed by atoms with Crippen LogP contribution in [0, 0.1) is 5.92 Å². The SMILES string of the molecule is C=CCCCC(=O)N[C@@H](CC(=O)OC(C)(C)C)C(=O)N1C[C@H](Oc2cc(-c3ccccc3)nc3cc(OC)ccc23)C[C@H]1C(=O)N[C@]1(C(=O)NS(=O)(=O)C2CC2)C[C@H]1C=C. The predicted octanol–water partition coefficient (Wildman–Crippen LogP) is 4.50. The van der Waals surface area contributed by atoms with Gasteiger partial charge in [0.2, 0.25) is 27.7 Å². The molecule has 6 rings (SSSR count). The summed E-state index contributed by atoms with van der Waals surface area (Å²) in [5, 5.41) is 5.41. The molecular formula is C44H53N5O10S. The maximum atomic E-state index is 14.7. The van der Waals surface area contributed by atoms with E-state index in [2.05, 4.69) is 28.5 Å². The molecule has 3 aromatic rings. The standard InChI is InChI=1S/C44H53N5O10S/c1-7-9-11-16-38(50)46-35(24-39(51)59-43(3,4)5)41(53)49-26-30(22-36(49)40(52)47-44(25-28(44)8-2)42(54)48-60(55,56)31-18-19-31)58-37-23-33(27-14-12-10-13-15-27)45-34-21-29(57-6)17-20-32(34)37/h7-8,10,12-15,17,20-21,23,28,30-31,35-36H,1-2,9,11,16,18-19,22,24-26H2,3-6H3,(H,46,50)(H,47,52)(H,48,54)/t28-,30-,35+,36+,44-/m1/s1. The highest BCUT2D eigenvalue weighted by atomic mass is 32.2. The van der Waals surface area contributed by atoms with Gasteiger partial charge in [-0.25, -0.2) is 13.4 Å². The van der Waals surface area contributed by atoms with Crippen LogP contribution in [0.15, 0.2) is 79.9 Å². The van der Waals surface area contributed by atoms with E-state index in [-0.39, 0.29) is 25.8 Å². The highest BCUT2D eigenvalue weighted by molar-refractivity contribution is 7.91. The number of nitrogens with one attached hydrogen (secondary N) is 3. The van der Waals surface area contributed by atoms with E-state index < -0.39 is 86.5 Å². The second-order valence-corrected chi connectivity index (χ2v) is 18.5. The van der Waals surface area contributed by atoms with E-state index >= 15 is 0 Å². The Kier molecular flexibility index (Phi) is 13.0. The lowest BCUT2D eigenvalue weighted by Gasteiger charge is -2.30. The number of pyridine rings is 1. The number of carbonyl (C=O) groups excluding carboxylic acids is 5. The summed E-state index contributed by atoms with van der Waals surface area (Å²) in [4.78, 5) is 75.3. The van der Waals surface area contributed by atoms with E-state index in [1.807, 2.05) is 30.3 Å². The summed E-state index contributed by atoms with van der Waals surface area (Å²) >= 11 is 0. The van der Waals surface area contributed by atoms with E-state index in [1.54, 1.807) is 58.2 Å². The van der Waals surface area contributed by atoms with Crippen LogP contribution < -0.4 is 24.8 Å². The zero-order valence-electron chi connectivity index (χ0n) is 34.4. The quantitative estimate of drug-likeness (QED) is 0.0926. The highest BCUT2D eigenvalue weighted by Crippen LogP contribution is 2.45. The minimum atomic E-state index is -3.96. The lowest BCUT2D eigenvalue weighted by molar-refractivity contribution is -0.157. The molecule has 16 heteroatoms. The van der Waals surface area contributed by atoms with Crippen LogP contribution in [-0.4, -0.2) is 96.1 Å². The zero-order chi connectivity index (χ0) is 43.4. The number of rotatable bonds is 18. The smallest absolute Gasteiger partial charge is 0.308 e. The fourth-order valence-electron chi connectivity index (χ4n) is 7.35. The van der Waals surface area contributed by atoms with Crippen LogP contribution in [0.5, 0.6) is 11.5 Å². The van der Waals surface area contributed by atoms with Gasteiger partial charge >= 0.3 is 5.97 Å². The molecule has 60 heavy (non-hydrogen) atoms. The van der Waals surface area contributed by atoms with Crippen molar-refractivity contribution in [1.82, 2.24) is 25.2 Å². The number of hydrogen-bond acceptors (Lipinski definition) is 11. The maximum absolute atomic E-state index is 14.7. The van der Waals surface area contributed by atoms with Crippen molar-refractivity contribution in [3.05, 3.63) is 79.9 Å². The van der Waals surface area contributed by atoms with Gasteiger partial charge < -0.3 is 29.7 Å². The van der Waals surface area contributed by atoms with Gasteiger partial charge in [0.25, 0.3) is 5.91 Å². The van der Waals surface area contributed by atoms with E-state index in [9.17, 15) is 32.4 Å². The molecule has 1 aromatic heterocycles. The monoisotopic (exact) mass is 843 g/mol. The summed E-state index contributed by atoms with van der Waals surface area (Å²) in [6.45, 7) is 12.3. The van der Waals surface area contributed by atoms with Gasteiger partial charge in [0.1, 0.15) is 40.8 Å². The molecule has 3 fully saturated rings. The fraction of sp³-hybridized carbons (Fsp3) is 0.455. The average Bonchev–Trinajstić information content (AvgIpc) is 4.13. The number of unbranched alkanes of at least 4 members (excludes halogenated alkanes) is 1. The molecule has 0 unspecified atom stereocenters. The Hall–Kier alpha value is -5.77. The van der Waals surface area contributed by atoms with Crippen molar-refractivity contribution in [2.24, 2.45) is 5.92 Å². The van der Waals surface area contributed by atoms with Crippen molar-refractivity contribution in [3.63, 3.8) is 0 Å². The Morgan fingerprint density at radius 2 is 1.78 bits per heavy atom. The molecule has 4 amide bonds. The molecule has 1 saturated heterocycles. The third-order valence-electron chi connectivity index (χ3n) is 10.7. The van der Waals surface area contributed by atoms with Gasteiger partial charge in [0.05, 0.1) is 36.5 Å². The fourth-order valence-corrected chi connectivity index (χ4v) is 8.72. The number of ether oxygens (including phenoxy) is 3. The number of hydrogen-bond donors (Lipinski definition) is 3. The maximum Gasteiger partial charge on any atom is 0.308 e. The molecule has 2 aromatic carbocycles. The Labute approximate surface area is 350 Å². The highest BCUT2D eigenvalue weighted by Gasteiger charge is 2.62. The van der Waals surface area contributed by atoms with Crippen molar-refractivity contribution < 1.29 is 46.6 Å². The number of sulfonamides is 1. The Balaban J connectivity index is 1.34. The molecule has 320 valence electrons. The molecule has 3 N–H and O–H groups in total. The van der Waals surface area contributed by atoms with Crippen LogP contribution in [0.1, 0.15) is 72.1 Å². The number of methoxy groups -OCH3 is 1. The molecule has 0 radical (unpaired) electrons. The van der Waals surface area contributed by atoms with E-state index in [4.69, 9.17) is 19.2 Å². The number of benzene rings is 2. The van der Waals surface area contributed by atoms with Crippen LogP contribution >= 0.6 is 0 Å². The minimum Gasteiger partial charge on any atom is -0.497 e. The molecule has 1 aliphatic heterocycles. The molecule has 0 spiro atoms. The third-order valence-corrected chi connectivity index (χ3v) is 12.5. The average molecular weight is 844 g/mol. The van der Waals surface area contributed by atoms with Crippen molar-refractivity contribution in [1.29, 1.82) is 0 Å². The number of nitrogens with zero attached hydrogens (tertiary/aromatic N) is 2. The van der Waals surface area contributed by atoms with Crippen molar-refractivity contribution >= 4 is 50.5 Å². The predicted molar refractivity (Wildman–Crippen MR) is 224 cm³/mol. The summed E-state index contributed by atoms with van der Waals surface area (Å²) in [5.41, 5.74) is -0.538. The van der Waals surface area contributed by atoms with E-state index in [1.165, 1.54) is 11.0 Å². The normalized spacial score (nSPS) is 21.6. The molecular weight excluding hydrogens is 791 g/mol. The second-order valence-electron chi connectivity index (χ2n) is 16.5. The summed E-state index contributed by atoms with van der Waals surface area (Å²) in [5.74, 6) is -3.22. The number of likely N-dealkylation sites (tertiary alicyclic amines) is 1. The molecule has 2 aliphatic carbocycles. The topological polar surface area (TPSA) is 199 Å². The first-order valence-electron chi connectivity index (χ1n) is 20.1. The van der Waals surface area contributed by atoms with Gasteiger partial charge in [-0.2, -0.15) is 0 Å². The first-order valence-corrected chi connectivity index (χ1v) is 21.7. The van der Waals surface area contributed by atoms with Crippen molar-refractivity contribution in [3.8, 4) is 22.8 Å². The number of allylic oxidation sites excluding steroid dienone is 1. The summed E-state index contributed by atoms with van der Waals surface area (Å²) < 4.78 is 45.4. The molecule has 3 aliphatic rings. The van der Waals surface area contributed by atoms with Gasteiger partial charge in [0, 0.05) is 41.8 Å². The van der Waals surface area contributed by atoms with Gasteiger partial charge in [-0.1, -0.05) is 42.5 Å². The summed E-state index contributed by atoms with van der Waals surface area (Å²) in [6, 6.07) is 13.9. The van der Waals surface area contributed by atoms with Crippen LogP contribution in [0.2, 0.25) is 0 Å². The lowest BCUT2D eigenvalue weighted by atomic mass is 10.1. The van der Waals surface area contributed by atoms with Crippen LogP contribution in [0.3, 0.4) is 0 Å². The Morgan fingerprint density at radius 3 is 2.42 bits per heavy atom. The van der Waals surface area contributed by atoms with Gasteiger partial charge in [0.15, 0.2) is 0 Å². The third kappa shape index (κ3) is 10.3. The number of fused-ring (bicyclic) bond motifs is 1. The number of esters is 1. The Morgan fingerprint density at radius 1 is 1.05 bits per heavy atom. The van der Waals surface area contributed by atoms with Crippen LogP contribution in [0.25, 0.3) is 22.2 Å². The molecule has 15 nitrogen and oxygen atoms in total. The molecule has 2 saturated carbocycles. The van der Waals surface area contributed by atoms with Crippen molar-refractivity contribution in [2.75, 3.05) is 13.7 Å². The molecule has 0 bridgehead atoms. The van der Waals surface area contributed by atoms with Gasteiger partial charge in [-0.3, -0.25) is 28.7 Å². The molecule has 2 heterocycles. The summed E-state index contributed by atoms with van der Waals surface area (Å²) in [6.07, 6.45) is 3.72. The summed E-state index contributed by atoms with van der Waals surface area (Å²) in [7, 11) is -2.41. The van der Waals surface area contributed by atoms with Gasteiger partial charge in [-0.05, 0) is 65.0 Å². The first kappa shape index (κ1) is 43.8. The zero-order valence-corrected chi connectivity index (χ0v) is 35.2. The van der Waals surface area contributed by atoms with Crippen LogP contribution in [-0.2, 0) is 38.7 Å².